The quantitative estimate of drug-likeness (QED) is 0.0429. The van der Waals surface area contributed by atoms with Crippen LogP contribution in [0.25, 0.3) is 0 Å². The lowest BCUT2D eigenvalue weighted by Crippen LogP contribution is -2.51. The molecule has 0 bridgehead atoms. The molecule has 758 valence electrons. The summed E-state index contributed by atoms with van der Waals surface area (Å²) >= 11 is 0. The number of carbonyl (C=O) groups excluding carboxylic acids is 6. The molecule has 0 N–H and O–H groups in total. The number of unbranched alkanes of at least 4 members (excludes halogenated alkanes) is 72. The van der Waals surface area contributed by atoms with Crippen molar-refractivity contribution in [1.29, 1.82) is 0 Å². The van der Waals surface area contributed by atoms with Gasteiger partial charge in [0.05, 0.1) is 39.3 Å². The zero-order chi connectivity index (χ0) is 93.1. The summed E-state index contributed by atoms with van der Waals surface area (Å²) in [6.45, 7) is 28.2. The van der Waals surface area contributed by atoms with E-state index in [-0.39, 0.29) is 62.9 Å². The highest BCUT2D eigenvalue weighted by Gasteiger charge is 2.27. The molecule has 4 amide bonds. The van der Waals surface area contributed by atoms with Gasteiger partial charge in [-0.05, 0) is 51.4 Å². The lowest BCUT2D eigenvalue weighted by atomic mass is 10.1. The maximum atomic E-state index is 15.8. The van der Waals surface area contributed by atoms with Gasteiger partial charge in [-0.15, -0.1) is 0 Å². The van der Waals surface area contributed by atoms with Crippen LogP contribution < -0.4 is 0 Å². The number of hydrogen-bond acceptors (Lipinski definition) is 10. The van der Waals surface area contributed by atoms with E-state index in [9.17, 15) is 9.59 Å². The Balaban J connectivity index is 8.31. The van der Waals surface area contributed by atoms with Crippen LogP contribution in [0.2, 0.25) is 0 Å². The molecule has 0 unspecified atom stereocenters. The Morgan fingerprint density at radius 1 is 0.141 bits per heavy atom. The number of rotatable bonds is 109. The first-order chi connectivity index (χ1) is 63.0. The minimum absolute atomic E-state index is 0.127. The van der Waals surface area contributed by atoms with Gasteiger partial charge >= 0.3 is 0 Å². The third-order valence-electron chi connectivity index (χ3n) is 28.0. The molecule has 0 saturated carbocycles. The maximum Gasteiger partial charge on any atom is 0.236 e. The second kappa shape index (κ2) is 103. The first-order valence-electron chi connectivity index (χ1n) is 57.9. The molecule has 0 heterocycles. The Labute approximate surface area is 799 Å². The molecule has 0 spiro atoms. The number of carbonyl (C=O) groups is 6. The molecule has 14 nitrogen and oxygen atoms in total. The summed E-state index contributed by atoms with van der Waals surface area (Å²) in [5.74, 6) is 0.545. The third-order valence-corrected chi connectivity index (χ3v) is 28.0. The number of amides is 4. The average molecular weight is 1810 g/mol. The molecule has 0 aromatic carbocycles. The van der Waals surface area contributed by atoms with Crippen molar-refractivity contribution in [2.45, 2.75) is 569 Å². The molecule has 0 aromatic heterocycles. The maximum absolute atomic E-state index is 15.8. The highest BCUT2D eigenvalue weighted by Crippen LogP contribution is 2.22. The van der Waals surface area contributed by atoms with Gasteiger partial charge < -0.3 is 29.2 Å². The van der Waals surface area contributed by atoms with Gasteiger partial charge in [-0.3, -0.25) is 38.8 Å². The van der Waals surface area contributed by atoms with E-state index in [0.717, 1.165) is 168 Å². The molecule has 0 aliphatic heterocycles. The van der Waals surface area contributed by atoms with E-state index in [1.807, 2.05) is 4.90 Å². The summed E-state index contributed by atoms with van der Waals surface area (Å²) in [4.78, 5) is 105. The first kappa shape index (κ1) is 125. The predicted octanol–water partition coefficient (Wildman–Crippen LogP) is 31.3. The Hall–Kier alpha value is -2.94. The molecular formula is C114H226N8O6. The number of aldehydes is 2. The van der Waals surface area contributed by atoms with Crippen LogP contribution in [0.5, 0.6) is 0 Å². The monoisotopic (exact) mass is 1800 g/mol. The molecule has 14 heteroatoms. The van der Waals surface area contributed by atoms with E-state index in [1.54, 1.807) is 0 Å². The minimum atomic E-state index is 0.127. The minimum Gasteiger partial charge on any atom is -0.342 e. The Kier molecular flexibility index (Phi) is 101. The van der Waals surface area contributed by atoms with Crippen molar-refractivity contribution in [3.8, 4) is 0 Å². The average Bonchev–Trinajstić information content (AvgIpc) is 0.889. The van der Waals surface area contributed by atoms with Crippen molar-refractivity contribution < 1.29 is 28.8 Å². The lowest BCUT2D eigenvalue weighted by Gasteiger charge is -2.34. The van der Waals surface area contributed by atoms with Gasteiger partial charge in [0.15, 0.2) is 0 Å². The molecule has 0 saturated heterocycles. The lowest BCUT2D eigenvalue weighted by molar-refractivity contribution is -0.137. The summed E-state index contributed by atoms with van der Waals surface area (Å²) in [6.07, 6.45) is 101. The highest BCUT2D eigenvalue weighted by atomic mass is 16.2. The van der Waals surface area contributed by atoms with Gasteiger partial charge in [0.1, 0.15) is 12.6 Å². The van der Waals surface area contributed by atoms with Crippen molar-refractivity contribution in [3.63, 3.8) is 0 Å². The van der Waals surface area contributed by atoms with Gasteiger partial charge in [0.25, 0.3) is 0 Å². The Morgan fingerprint density at radius 2 is 0.250 bits per heavy atom. The van der Waals surface area contributed by atoms with E-state index in [0.29, 0.717) is 39.3 Å². The Bertz CT molecular complexity index is 2120. The molecular weight excluding hydrogens is 1580 g/mol. The molecule has 0 fully saturated rings. The summed E-state index contributed by atoms with van der Waals surface area (Å²) in [7, 11) is 0. The fourth-order valence-corrected chi connectivity index (χ4v) is 19.0. The van der Waals surface area contributed by atoms with Crippen LogP contribution in [0.4, 0.5) is 0 Å². The Morgan fingerprint density at radius 3 is 0.383 bits per heavy atom. The topological polar surface area (TPSA) is 128 Å². The summed E-state index contributed by atoms with van der Waals surface area (Å²) < 4.78 is 0. The standard InChI is InChI=1S/C114H226N8O6/c1-9-17-25-33-41-49-57-65-73-81-89-119(90-82-74-66-58-50-42-34-26-18-10-2)111(125)107-116(98-97-115(103-105-123)104-106-124)99-100-117(108-112(126)120(91-83-75-67-59-51-43-35-27-19-11-3)92-84-76-68-60-52-44-36-28-20-12-4)101-102-118(109-113(127)121(93-85-77-69-61-53-45-37-29-21-13-5)94-86-78-70-62-54-46-38-30-22-14-6)110-114(128)122(95-87-79-71-63-55-47-39-31-23-15-7)96-88-80-72-64-56-48-40-32-24-16-8/h105-106H,9-104,107-110H2,1-8H3. The van der Waals surface area contributed by atoms with E-state index < -0.39 is 0 Å². The summed E-state index contributed by atoms with van der Waals surface area (Å²) in [5.41, 5.74) is 0. The zero-order valence-electron chi connectivity index (χ0n) is 87.9. The largest absolute Gasteiger partial charge is 0.342 e. The van der Waals surface area contributed by atoms with Crippen molar-refractivity contribution in [3.05, 3.63) is 0 Å². The van der Waals surface area contributed by atoms with Crippen LogP contribution in [-0.4, -0.2) is 206 Å². The van der Waals surface area contributed by atoms with Gasteiger partial charge in [-0.2, -0.15) is 0 Å². The zero-order valence-corrected chi connectivity index (χ0v) is 87.9. The molecule has 0 radical (unpaired) electrons. The van der Waals surface area contributed by atoms with Gasteiger partial charge in [0, 0.05) is 91.6 Å². The van der Waals surface area contributed by atoms with Crippen LogP contribution in [0.1, 0.15) is 569 Å². The molecule has 0 atom stereocenters. The van der Waals surface area contributed by atoms with Gasteiger partial charge in [0.2, 0.25) is 23.6 Å². The van der Waals surface area contributed by atoms with Crippen LogP contribution in [0.3, 0.4) is 0 Å². The van der Waals surface area contributed by atoms with Crippen LogP contribution in [0, 0.1) is 0 Å². The summed E-state index contributed by atoms with van der Waals surface area (Å²) in [6, 6.07) is 0. The molecule has 0 aromatic rings. The van der Waals surface area contributed by atoms with E-state index in [1.165, 1.54) is 411 Å². The van der Waals surface area contributed by atoms with Crippen molar-refractivity contribution in [2.75, 3.05) is 131 Å². The fourth-order valence-electron chi connectivity index (χ4n) is 19.0. The first-order valence-corrected chi connectivity index (χ1v) is 57.9. The smallest absolute Gasteiger partial charge is 0.236 e. The SMILES string of the molecule is CCCCCCCCCCCCN(CCCCCCCCCCCC)C(=O)CN(CCN(CC=O)CC=O)CCN(CCN(CC(=O)N(CCCCCCCCCCCC)CCCCCCCCCCCC)CC(=O)N(CCCCCCCCCCCC)CCCCCCCCCCCC)CC(=O)N(CCCCCCCCCCCC)CCCCCCCCCCCC. The van der Waals surface area contributed by atoms with Crippen molar-refractivity contribution in [1.82, 2.24) is 39.2 Å². The van der Waals surface area contributed by atoms with E-state index in [4.69, 9.17) is 0 Å². The summed E-state index contributed by atoms with van der Waals surface area (Å²) in [5, 5.41) is 0. The second-order valence-corrected chi connectivity index (χ2v) is 40.3. The molecule has 0 aliphatic rings. The van der Waals surface area contributed by atoms with Crippen molar-refractivity contribution >= 4 is 36.2 Å². The fraction of sp³-hybridized carbons (Fsp3) is 0.947. The van der Waals surface area contributed by atoms with E-state index in [2.05, 4.69) is 89.7 Å². The normalized spacial score (nSPS) is 11.8. The van der Waals surface area contributed by atoms with Crippen LogP contribution >= 0.6 is 0 Å². The van der Waals surface area contributed by atoms with Gasteiger partial charge in [-0.1, -0.05) is 518 Å². The molecule has 128 heavy (non-hydrogen) atoms. The van der Waals surface area contributed by atoms with E-state index >= 15 is 19.2 Å². The highest BCUT2D eigenvalue weighted by molar-refractivity contribution is 5.81. The molecule has 0 rings (SSSR count). The third kappa shape index (κ3) is 85.9. The number of hydrogen-bond donors (Lipinski definition) is 0. The van der Waals surface area contributed by atoms with Crippen LogP contribution in [-0.2, 0) is 28.8 Å². The van der Waals surface area contributed by atoms with Gasteiger partial charge in [-0.25, -0.2) is 0 Å². The molecule has 0 aliphatic carbocycles. The predicted molar refractivity (Wildman–Crippen MR) is 559 cm³/mol. The number of nitrogens with zero attached hydrogens (tertiary/aromatic N) is 8. The van der Waals surface area contributed by atoms with Crippen LogP contribution in [0.15, 0.2) is 0 Å². The second-order valence-electron chi connectivity index (χ2n) is 40.3. The van der Waals surface area contributed by atoms with Crippen molar-refractivity contribution in [2.24, 2.45) is 0 Å².